The van der Waals surface area contributed by atoms with Crippen molar-refractivity contribution >= 4 is 33.2 Å². The van der Waals surface area contributed by atoms with Crippen LogP contribution in [0.1, 0.15) is 15.2 Å². The van der Waals surface area contributed by atoms with Crippen molar-refractivity contribution in [2.45, 2.75) is 6.54 Å². The molecule has 0 radical (unpaired) electrons. The molecule has 0 spiro atoms. The number of nitrogens with zero attached hydrogens (tertiary/aromatic N) is 1. The van der Waals surface area contributed by atoms with E-state index in [0.717, 1.165) is 10.0 Å². The first-order chi connectivity index (χ1) is 8.58. The maximum absolute atomic E-state index is 13.0. The van der Waals surface area contributed by atoms with Gasteiger partial charge in [-0.3, -0.25) is 4.79 Å². The topological polar surface area (TPSA) is 20.3 Å². The lowest BCUT2D eigenvalue weighted by molar-refractivity contribution is 0.0789. The van der Waals surface area contributed by atoms with Gasteiger partial charge in [0, 0.05) is 18.1 Å². The minimum absolute atomic E-state index is 0.0684. The molecule has 1 aromatic heterocycles. The second kappa shape index (κ2) is 5.63. The molecule has 2 rings (SSSR count). The van der Waals surface area contributed by atoms with Crippen molar-refractivity contribution in [3.63, 3.8) is 0 Å². The molecular weight excluding hydrogens is 317 g/mol. The van der Waals surface area contributed by atoms with E-state index in [1.54, 1.807) is 24.1 Å². The zero-order valence-electron chi connectivity index (χ0n) is 9.69. The van der Waals surface area contributed by atoms with Crippen molar-refractivity contribution in [1.29, 1.82) is 0 Å². The summed E-state index contributed by atoms with van der Waals surface area (Å²) < 4.78 is 13.8. The predicted molar refractivity (Wildman–Crippen MR) is 74.2 cm³/mol. The molecule has 0 aliphatic rings. The van der Waals surface area contributed by atoms with Crippen molar-refractivity contribution in [3.8, 4) is 0 Å². The summed E-state index contributed by atoms with van der Waals surface area (Å²) in [5, 5.41) is 1.85. The molecule has 0 unspecified atom stereocenters. The summed E-state index contributed by atoms with van der Waals surface area (Å²) in [4.78, 5) is 14.4. The van der Waals surface area contributed by atoms with Crippen LogP contribution in [0.15, 0.2) is 40.2 Å². The number of carbonyl (C=O) groups is 1. The van der Waals surface area contributed by atoms with Crippen LogP contribution in [0, 0.1) is 5.82 Å². The van der Waals surface area contributed by atoms with E-state index in [9.17, 15) is 9.18 Å². The van der Waals surface area contributed by atoms with Gasteiger partial charge < -0.3 is 4.90 Å². The number of rotatable bonds is 3. The summed E-state index contributed by atoms with van der Waals surface area (Å²) in [5.41, 5.74) is 0.776. The highest BCUT2D eigenvalue weighted by Crippen LogP contribution is 2.24. The van der Waals surface area contributed by atoms with Gasteiger partial charge in [-0.15, -0.1) is 11.3 Å². The second-order valence-electron chi connectivity index (χ2n) is 3.89. The molecule has 5 heteroatoms. The third-order valence-corrected chi connectivity index (χ3v) is 4.29. The summed E-state index contributed by atoms with van der Waals surface area (Å²) in [5.74, 6) is -0.355. The van der Waals surface area contributed by atoms with Gasteiger partial charge in [0.25, 0.3) is 5.91 Å². The van der Waals surface area contributed by atoms with Crippen molar-refractivity contribution in [3.05, 3.63) is 56.4 Å². The number of thiophene rings is 1. The summed E-state index contributed by atoms with van der Waals surface area (Å²) in [6, 6.07) is 8.11. The highest BCUT2D eigenvalue weighted by atomic mass is 79.9. The van der Waals surface area contributed by atoms with E-state index in [4.69, 9.17) is 0 Å². The lowest BCUT2D eigenvalue weighted by Crippen LogP contribution is -2.25. The Balaban J connectivity index is 2.11. The van der Waals surface area contributed by atoms with E-state index in [0.29, 0.717) is 11.4 Å². The molecule has 0 fully saturated rings. The summed E-state index contributed by atoms with van der Waals surface area (Å²) in [6.07, 6.45) is 0. The van der Waals surface area contributed by atoms with Crippen LogP contribution in [0.25, 0.3) is 0 Å². The van der Waals surface area contributed by atoms with Crippen LogP contribution in [-0.2, 0) is 6.54 Å². The zero-order valence-corrected chi connectivity index (χ0v) is 12.1. The van der Waals surface area contributed by atoms with Crippen molar-refractivity contribution < 1.29 is 9.18 Å². The third kappa shape index (κ3) is 2.97. The molecule has 0 saturated carbocycles. The van der Waals surface area contributed by atoms with Gasteiger partial charge in [0.1, 0.15) is 10.7 Å². The molecule has 2 nitrogen and oxygen atoms in total. The SMILES string of the molecule is CN(Cc1cccc(F)c1)C(=O)c1sccc1Br. The highest BCUT2D eigenvalue weighted by Gasteiger charge is 2.16. The largest absolute Gasteiger partial charge is 0.337 e. The van der Waals surface area contributed by atoms with Crippen molar-refractivity contribution in [2.75, 3.05) is 7.05 Å². The van der Waals surface area contributed by atoms with Gasteiger partial charge >= 0.3 is 0 Å². The van der Waals surface area contributed by atoms with E-state index in [2.05, 4.69) is 15.9 Å². The van der Waals surface area contributed by atoms with Crippen molar-refractivity contribution in [1.82, 2.24) is 4.90 Å². The molecule has 0 saturated heterocycles. The van der Waals surface area contributed by atoms with Gasteiger partial charge in [-0.25, -0.2) is 4.39 Å². The lowest BCUT2D eigenvalue weighted by Gasteiger charge is -2.16. The number of hydrogen-bond acceptors (Lipinski definition) is 2. The quantitative estimate of drug-likeness (QED) is 0.836. The number of hydrogen-bond donors (Lipinski definition) is 0. The first kappa shape index (κ1) is 13.2. The van der Waals surface area contributed by atoms with Crippen LogP contribution in [0.4, 0.5) is 4.39 Å². The average molecular weight is 328 g/mol. The van der Waals surface area contributed by atoms with Gasteiger partial charge in [0.2, 0.25) is 0 Å². The number of benzene rings is 1. The molecule has 1 amide bonds. The fraction of sp³-hybridized carbons (Fsp3) is 0.154. The molecule has 0 N–H and O–H groups in total. The summed E-state index contributed by atoms with van der Waals surface area (Å²) >= 11 is 4.72. The average Bonchev–Trinajstić information content (AvgIpc) is 2.74. The van der Waals surface area contributed by atoms with Gasteiger partial charge in [-0.2, -0.15) is 0 Å². The molecule has 0 bridgehead atoms. The normalized spacial score (nSPS) is 10.4. The Kier molecular flexibility index (Phi) is 4.14. The van der Waals surface area contributed by atoms with Gasteiger partial charge in [0.15, 0.2) is 0 Å². The fourth-order valence-corrected chi connectivity index (χ4v) is 3.14. The Morgan fingerprint density at radius 1 is 1.44 bits per heavy atom. The molecule has 0 aliphatic carbocycles. The zero-order chi connectivity index (χ0) is 13.1. The van der Waals surface area contributed by atoms with E-state index in [-0.39, 0.29) is 11.7 Å². The van der Waals surface area contributed by atoms with Crippen LogP contribution in [0.2, 0.25) is 0 Å². The van der Waals surface area contributed by atoms with Crippen LogP contribution in [0.3, 0.4) is 0 Å². The molecule has 1 heterocycles. The van der Waals surface area contributed by atoms with Gasteiger partial charge in [0.05, 0.1) is 0 Å². The molecule has 2 aromatic rings. The Labute approximate surface area is 117 Å². The Morgan fingerprint density at radius 3 is 2.83 bits per heavy atom. The predicted octanol–water partition coefficient (Wildman–Crippen LogP) is 3.92. The first-order valence-electron chi connectivity index (χ1n) is 5.31. The number of carbonyl (C=O) groups excluding carboxylic acids is 1. The van der Waals surface area contributed by atoms with Crippen LogP contribution >= 0.6 is 27.3 Å². The maximum Gasteiger partial charge on any atom is 0.265 e. The van der Waals surface area contributed by atoms with E-state index < -0.39 is 0 Å². The fourth-order valence-electron chi connectivity index (χ4n) is 1.60. The first-order valence-corrected chi connectivity index (χ1v) is 6.98. The summed E-state index contributed by atoms with van der Waals surface area (Å²) in [7, 11) is 1.71. The molecule has 18 heavy (non-hydrogen) atoms. The van der Waals surface area contributed by atoms with E-state index in [1.165, 1.54) is 23.5 Å². The molecule has 1 aromatic carbocycles. The van der Waals surface area contributed by atoms with Crippen LogP contribution in [0.5, 0.6) is 0 Å². The Morgan fingerprint density at radius 2 is 2.22 bits per heavy atom. The molecule has 94 valence electrons. The van der Waals surface area contributed by atoms with Crippen LogP contribution in [-0.4, -0.2) is 17.9 Å². The lowest BCUT2D eigenvalue weighted by atomic mass is 10.2. The number of amides is 1. The van der Waals surface area contributed by atoms with Crippen LogP contribution < -0.4 is 0 Å². The van der Waals surface area contributed by atoms with Crippen molar-refractivity contribution in [2.24, 2.45) is 0 Å². The Hall–Kier alpha value is -1.20. The van der Waals surface area contributed by atoms with Gasteiger partial charge in [-0.1, -0.05) is 12.1 Å². The Bertz CT molecular complexity index is 570. The third-order valence-electron chi connectivity index (χ3n) is 2.47. The monoisotopic (exact) mass is 327 g/mol. The smallest absolute Gasteiger partial charge is 0.265 e. The standard InChI is InChI=1S/C13H11BrFNOS/c1-16(8-9-3-2-4-10(15)7-9)13(17)12-11(14)5-6-18-12/h2-7H,8H2,1H3. The molecule has 0 aliphatic heterocycles. The minimum atomic E-state index is -0.286. The highest BCUT2D eigenvalue weighted by molar-refractivity contribution is 9.10. The van der Waals surface area contributed by atoms with E-state index >= 15 is 0 Å². The van der Waals surface area contributed by atoms with Gasteiger partial charge in [-0.05, 0) is 45.1 Å². The minimum Gasteiger partial charge on any atom is -0.337 e. The molecular formula is C13H11BrFNOS. The number of halogens is 2. The van der Waals surface area contributed by atoms with E-state index in [1.807, 2.05) is 11.4 Å². The molecule has 0 atom stereocenters. The maximum atomic E-state index is 13.0. The second-order valence-corrected chi connectivity index (χ2v) is 5.66. The summed E-state index contributed by atoms with van der Waals surface area (Å²) in [6.45, 7) is 0.390.